The third-order valence-corrected chi connectivity index (χ3v) is 8.02. The van der Waals surface area contributed by atoms with E-state index >= 15 is 0 Å². The number of rotatable bonds is 5. The van der Waals surface area contributed by atoms with Gasteiger partial charge in [-0.3, -0.25) is 9.69 Å². The van der Waals surface area contributed by atoms with Crippen LogP contribution < -0.4 is 4.90 Å². The van der Waals surface area contributed by atoms with Crippen LogP contribution in [0.15, 0.2) is 30.5 Å². The lowest BCUT2D eigenvalue weighted by Gasteiger charge is -2.28. The largest absolute Gasteiger partial charge is 0.361 e. The number of amides is 1. The Morgan fingerprint density at radius 2 is 1.97 bits per heavy atom. The number of H-pyrrole nitrogens is 1. The standard InChI is InChI=1S/C28H32FN3O/c1-18-24(29)5-6-25-27(18)23(17-30-25)20-8-12-31(13-9-20)11-2-3-19-15-21-4-7-26(33)32-14-10-22(16-19)28(21)32/h5-6,8,15-18,24,30H,2-4,7,9-14H2,1H3. The van der Waals surface area contributed by atoms with Crippen molar-refractivity contribution in [2.24, 2.45) is 0 Å². The van der Waals surface area contributed by atoms with Crippen molar-refractivity contribution >= 4 is 23.2 Å². The summed E-state index contributed by atoms with van der Waals surface area (Å²) in [6.45, 7) is 5.96. The normalized spacial score (nSPS) is 24.1. The van der Waals surface area contributed by atoms with Crippen molar-refractivity contribution in [1.82, 2.24) is 9.88 Å². The number of aromatic nitrogens is 1. The van der Waals surface area contributed by atoms with E-state index in [4.69, 9.17) is 0 Å². The maximum Gasteiger partial charge on any atom is 0.227 e. The first-order chi connectivity index (χ1) is 16.1. The molecule has 172 valence electrons. The van der Waals surface area contributed by atoms with E-state index in [-0.39, 0.29) is 5.92 Å². The molecule has 0 saturated heterocycles. The maximum atomic E-state index is 14.2. The predicted molar refractivity (Wildman–Crippen MR) is 131 cm³/mol. The van der Waals surface area contributed by atoms with Crippen molar-refractivity contribution in [2.45, 2.75) is 57.5 Å². The lowest BCUT2D eigenvalue weighted by molar-refractivity contribution is -0.118. The van der Waals surface area contributed by atoms with Crippen LogP contribution in [0.25, 0.3) is 11.6 Å². The van der Waals surface area contributed by atoms with E-state index in [0.29, 0.717) is 12.3 Å². The zero-order valence-electron chi connectivity index (χ0n) is 19.4. The molecule has 4 aliphatic rings. The molecule has 4 heterocycles. The monoisotopic (exact) mass is 445 g/mol. The number of halogens is 1. The van der Waals surface area contributed by atoms with Crippen LogP contribution in [-0.2, 0) is 24.1 Å². The highest BCUT2D eigenvalue weighted by atomic mass is 19.1. The topological polar surface area (TPSA) is 39.3 Å². The Bertz CT molecular complexity index is 1160. The van der Waals surface area contributed by atoms with Crippen LogP contribution in [0.5, 0.6) is 0 Å². The molecule has 2 atom stereocenters. The first-order valence-electron chi connectivity index (χ1n) is 12.5. The second kappa shape index (κ2) is 8.28. The third-order valence-electron chi connectivity index (χ3n) is 8.02. The molecular formula is C28H32FN3O. The van der Waals surface area contributed by atoms with Crippen molar-refractivity contribution in [2.75, 3.05) is 31.1 Å². The summed E-state index contributed by atoms with van der Waals surface area (Å²) in [5.74, 6) is 0.204. The van der Waals surface area contributed by atoms with Crippen LogP contribution in [0.1, 0.15) is 65.6 Å². The Morgan fingerprint density at radius 1 is 1.12 bits per heavy atom. The molecule has 1 aliphatic carbocycles. The van der Waals surface area contributed by atoms with Crippen molar-refractivity contribution in [3.05, 3.63) is 64.0 Å². The van der Waals surface area contributed by atoms with E-state index in [0.717, 1.165) is 69.5 Å². The van der Waals surface area contributed by atoms with Crippen molar-refractivity contribution in [3.63, 3.8) is 0 Å². The van der Waals surface area contributed by atoms with Crippen LogP contribution in [-0.4, -0.2) is 48.1 Å². The number of aromatic amines is 1. The van der Waals surface area contributed by atoms with Crippen molar-refractivity contribution in [3.8, 4) is 0 Å². The van der Waals surface area contributed by atoms with E-state index in [2.05, 4.69) is 34.3 Å². The molecular weight excluding hydrogens is 413 g/mol. The Morgan fingerprint density at radius 3 is 2.79 bits per heavy atom. The first-order valence-corrected chi connectivity index (χ1v) is 12.5. The minimum absolute atomic E-state index is 0.0899. The van der Waals surface area contributed by atoms with Gasteiger partial charge < -0.3 is 9.88 Å². The summed E-state index contributed by atoms with van der Waals surface area (Å²) >= 11 is 0. The van der Waals surface area contributed by atoms with Crippen molar-refractivity contribution < 1.29 is 9.18 Å². The number of carbonyl (C=O) groups excluding carboxylic acids is 1. The number of hydrogen-bond donors (Lipinski definition) is 1. The molecule has 1 N–H and O–H groups in total. The van der Waals surface area contributed by atoms with Gasteiger partial charge in [-0.1, -0.05) is 25.1 Å². The number of allylic oxidation sites excluding steroid dienone is 1. The first kappa shape index (κ1) is 20.9. The molecule has 6 rings (SSSR count). The number of hydrogen-bond acceptors (Lipinski definition) is 2. The van der Waals surface area contributed by atoms with Crippen LogP contribution in [0.2, 0.25) is 0 Å². The Hall–Kier alpha value is -2.66. The zero-order valence-corrected chi connectivity index (χ0v) is 19.4. The lowest BCUT2D eigenvalue weighted by atomic mass is 9.85. The molecule has 0 radical (unpaired) electrons. The smallest absolute Gasteiger partial charge is 0.227 e. The number of alkyl halides is 1. The molecule has 1 aromatic heterocycles. The fraction of sp³-hybridized carbons (Fsp3) is 0.464. The molecule has 0 fully saturated rings. The summed E-state index contributed by atoms with van der Waals surface area (Å²) in [4.78, 5) is 20.0. The average Bonchev–Trinajstić information content (AvgIpc) is 3.45. The number of anilines is 1. The zero-order chi connectivity index (χ0) is 22.5. The molecule has 0 saturated carbocycles. The van der Waals surface area contributed by atoms with E-state index in [1.165, 1.54) is 33.5 Å². The molecule has 1 aromatic carbocycles. The number of fused-ring (bicyclic) bond motifs is 1. The molecule has 0 bridgehead atoms. The van der Waals surface area contributed by atoms with Gasteiger partial charge in [0.1, 0.15) is 6.17 Å². The summed E-state index contributed by atoms with van der Waals surface area (Å²) in [6, 6.07) is 4.69. The summed E-state index contributed by atoms with van der Waals surface area (Å²) in [7, 11) is 0. The second-order valence-corrected chi connectivity index (χ2v) is 10.1. The number of nitrogens with zero attached hydrogens (tertiary/aromatic N) is 2. The molecule has 4 nitrogen and oxygen atoms in total. The fourth-order valence-corrected chi connectivity index (χ4v) is 6.20. The SMILES string of the molecule is CC1c2c(C3=CCN(CCCc4cc5c6c(c4)CCN6C(=O)CC5)CC3)c[nH]c2C=CC1F. The van der Waals surface area contributed by atoms with Gasteiger partial charge in [-0.25, -0.2) is 4.39 Å². The Labute approximate surface area is 195 Å². The molecule has 1 amide bonds. The molecule has 5 heteroatoms. The molecule has 2 unspecified atom stereocenters. The summed E-state index contributed by atoms with van der Waals surface area (Å²) < 4.78 is 14.2. The van der Waals surface area contributed by atoms with Gasteiger partial charge in [0.15, 0.2) is 0 Å². The van der Waals surface area contributed by atoms with Crippen LogP contribution in [0.4, 0.5) is 10.1 Å². The predicted octanol–water partition coefficient (Wildman–Crippen LogP) is 5.04. The highest BCUT2D eigenvalue weighted by molar-refractivity contribution is 5.98. The van der Waals surface area contributed by atoms with Gasteiger partial charge in [0.05, 0.1) is 5.69 Å². The maximum absolute atomic E-state index is 14.2. The average molecular weight is 446 g/mol. The molecule has 0 spiro atoms. The van der Waals surface area contributed by atoms with Gasteiger partial charge in [-0.15, -0.1) is 0 Å². The van der Waals surface area contributed by atoms with Crippen LogP contribution in [0.3, 0.4) is 0 Å². The van der Waals surface area contributed by atoms with Gasteiger partial charge in [-0.2, -0.15) is 0 Å². The van der Waals surface area contributed by atoms with E-state index < -0.39 is 6.17 Å². The van der Waals surface area contributed by atoms with Gasteiger partial charge in [0, 0.05) is 43.9 Å². The Kier molecular flexibility index (Phi) is 5.25. The highest BCUT2D eigenvalue weighted by Crippen LogP contribution is 2.39. The van der Waals surface area contributed by atoms with Gasteiger partial charge in [0.25, 0.3) is 0 Å². The number of aryl methyl sites for hydroxylation is 2. The van der Waals surface area contributed by atoms with Gasteiger partial charge in [-0.05, 0) is 84.2 Å². The third kappa shape index (κ3) is 3.67. The minimum Gasteiger partial charge on any atom is -0.361 e. The summed E-state index contributed by atoms with van der Waals surface area (Å²) in [5.41, 5.74) is 10.2. The van der Waals surface area contributed by atoms with E-state index in [9.17, 15) is 9.18 Å². The lowest BCUT2D eigenvalue weighted by Crippen LogP contribution is -2.32. The fourth-order valence-electron chi connectivity index (χ4n) is 6.20. The minimum atomic E-state index is -0.898. The molecule has 33 heavy (non-hydrogen) atoms. The van der Waals surface area contributed by atoms with Gasteiger partial charge in [0.2, 0.25) is 5.91 Å². The van der Waals surface area contributed by atoms with Gasteiger partial charge >= 0.3 is 0 Å². The number of carbonyl (C=O) groups is 1. The quantitative estimate of drug-likeness (QED) is 0.700. The number of nitrogens with one attached hydrogen (secondary N) is 1. The van der Waals surface area contributed by atoms with Crippen LogP contribution in [0, 0.1) is 0 Å². The second-order valence-electron chi connectivity index (χ2n) is 10.1. The molecule has 2 aromatic rings. The Balaban J connectivity index is 1.07. The highest BCUT2D eigenvalue weighted by Gasteiger charge is 2.31. The van der Waals surface area contributed by atoms with Crippen molar-refractivity contribution in [1.29, 1.82) is 0 Å². The van der Waals surface area contributed by atoms with Crippen LogP contribution >= 0.6 is 0 Å². The van der Waals surface area contributed by atoms with E-state index in [1.807, 2.05) is 17.9 Å². The summed E-state index contributed by atoms with van der Waals surface area (Å²) in [6.07, 6.45) is 12.9. The number of benzene rings is 1. The summed E-state index contributed by atoms with van der Waals surface area (Å²) in [5, 5.41) is 0. The van der Waals surface area contributed by atoms with E-state index in [1.54, 1.807) is 6.08 Å². The molecule has 3 aliphatic heterocycles.